The normalized spacial score (nSPS) is 12.2. The summed E-state index contributed by atoms with van der Waals surface area (Å²) in [7, 11) is 1.39. The summed E-state index contributed by atoms with van der Waals surface area (Å²) in [5.41, 5.74) is 0. The van der Waals surface area contributed by atoms with Crippen LogP contribution in [0.15, 0.2) is 29.2 Å². The van der Waals surface area contributed by atoms with Crippen LogP contribution in [0.5, 0.6) is 0 Å². The summed E-state index contributed by atoms with van der Waals surface area (Å²) in [6, 6.07) is 7.36. The maximum absolute atomic E-state index is 11.1. The number of rotatable bonds is 3. The molecule has 0 aliphatic heterocycles. The smallest absolute Gasteiger partial charge is 0.318 e. The summed E-state index contributed by atoms with van der Waals surface area (Å²) in [5, 5.41) is 0.501. The molecule has 2 nitrogen and oxygen atoms in total. The molecule has 0 fully saturated rings. The molecule has 0 spiro atoms. The zero-order chi connectivity index (χ0) is 10.6. The van der Waals surface area contributed by atoms with Gasteiger partial charge in [0.25, 0.3) is 0 Å². The lowest BCUT2D eigenvalue weighted by molar-refractivity contribution is -0.139. The number of esters is 1. The zero-order valence-electron chi connectivity index (χ0n) is 7.99. The summed E-state index contributed by atoms with van der Waals surface area (Å²) in [6.45, 7) is 1.81. The van der Waals surface area contributed by atoms with E-state index in [1.165, 1.54) is 18.9 Å². The maximum Gasteiger partial charge on any atom is 0.318 e. The maximum atomic E-state index is 11.1. The fraction of sp³-hybridized carbons (Fsp3) is 0.300. The fourth-order valence-electron chi connectivity index (χ4n) is 0.931. The van der Waals surface area contributed by atoms with Gasteiger partial charge in [-0.05, 0) is 31.2 Å². The minimum atomic E-state index is -0.218. The number of methoxy groups -OCH3 is 1. The van der Waals surface area contributed by atoms with Gasteiger partial charge in [-0.15, -0.1) is 11.8 Å². The molecule has 1 aromatic rings. The van der Waals surface area contributed by atoms with Crippen molar-refractivity contribution in [2.45, 2.75) is 17.1 Å². The topological polar surface area (TPSA) is 26.3 Å². The number of hydrogen-bond donors (Lipinski definition) is 0. The Morgan fingerprint density at radius 1 is 1.43 bits per heavy atom. The number of thioether (sulfide) groups is 1. The Morgan fingerprint density at radius 2 is 2.00 bits per heavy atom. The molecule has 0 heterocycles. The first kappa shape index (κ1) is 11.4. The average molecular weight is 231 g/mol. The van der Waals surface area contributed by atoms with E-state index in [4.69, 9.17) is 11.6 Å². The Bertz CT molecular complexity index is 310. The average Bonchev–Trinajstić information content (AvgIpc) is 2.20. The van der Waals surface area contributed by atoms with Crippen LogP contribution in [0, 0.1) is 0 Å². The SMILES string of the molecule is COC(=O)C(C)Sc1ccc(Cl)cc1. The van der Waals surface area contributed by atoms with Gasteiger partial charge in [0.2, 0.25) is 0 Å². The highest BCUT2D eigenvalue weighted by Crippen LogP contribution is 2.25. The second-order valence-corrected chi connectivity index (χ2v) is 4.59. The second-order valence-electron chi connectivity index (χ2n) is 2.74. The molecule has 4 heteroatoms. The van der Waals surface area contributed by atoms with Gasteiger partial charge in [0.15, 0.2) is 0 Å². The van der Waals surface area contributed by atoms with Crippen LogP contribution in [-0.4, -0.2) is 18.3 Å². The molecule has 0 N–H and O–H groups in total. The van der Waals surface area contributed by atoms with Crippen molar-refractivity contribution >= 4 is 29.3 Å². The summed E-state index contributed by atoms with van der Waals surface area (Å²) in [5.74, 6) is -0.218. The van der Waals surface area contributed by atoms with Gasteiger partial charge in [-0.1, -0.05) is 11.6 Å². The van der Waals surface area contributed by atoms with Crippen molar-refractivity contribution in [2.75, 3.05) is 7.11 Å². The highest BCUT2D eigenvalue weighted by molar-refractivity contribution is 8.00. The van der Waals surface area contributed by atoms with Crippen molar-refractivity contribution in [1.29, 1.82) is 0 Å². The van der Waals surface area contributed by atoms with Crippen LogP contribution in [0.2, 0.25) is 5.02 Å². The van der Waals surface area contributed by atoms with E-state index in [1.54, 1.807) is 12.1 Å². The number of carbonyl (C=O) groups is 1. The van der Waals surface area contributed by atoms with Gasteiger partial charge in [0, 0.05) is 9.92 Å². The predicted molar refractivity (Wildman–Crippen MR) is 58.8 cm³/mol. The van der Waals surface area contributed by atoms with Crippen LogP contribution in [0.25, 0.3) is 0 Å². The lowest BCUT2D eigenvalue weighted by Gasteiger charge is -2.08. The lowest BCUT2D eigenvalue weighted by atomic mass is 10.4. The third-order valence-corrected chi connectivity index (χ3v) is 3.00. The van der Waals surface area contributed by atoms with E-state index in [2.05, 4.69) is 4.74 Å². The number of ether oxygens (including phenoxy) is 1. The molecule has 1 unspecified atom stereocenters. The van der Waals surface area contributed by atoms with E-state index < -0.39 is 0 Å². The largest absolute Gasteiger partial charge is 0.468 e. The van der Waals surface area contributed by atoms with E-state index in [0.29, 0.717) is 5.02 Å². The highest BCUT2D eigenvalue weighted by atomic mass is 35.5. The van der Waals surface area contributed by atoms with Crippen LogP contribution in [0.1, 0.15) is 6.92 Å². The standard InChI is InChI=1S/C10H11ClO2S/c1-7(10(12)13-2)14-9-5-3-8(11)4-6-9/h3-7H,1-2H3. The fourth-order valence-corrected chi connectivity index (χ4v) is 1.95. The molecule has 0 radical (unpaired) electrons. The summed E-state index contributed by atoms with van der Waals surface area (Å²) >= 11 is 7.19. The second kappa shape index (κ2) is 5.27. The van der Waals surface area contributed by atoms with E-state index in [1.807, 2.05) is 19.1 Å². The Hall–Kier alpha value is -0.670. The zero-order valence-corrected chi connectivity index (χ0v) is 9.56. The summed E-state index contributed by atoms with van der Waals surface area (Å²) in [6.07, 6.45) is 0. The third kappa shape index (κ3) is 3.24. The van der Waals surface area contributed by atoms with Crippen molar-refractivity contribution < 1.29 is 9.53 Å². The number of benzene rings is 1. The molecule has 0 aliphatic carbocycles. The van der Waals surface area contributed by atoms with Crippen LogP contribution < -0.4 is 0 Å². The van der Waals surface area contributed by atoms with Gasteiger partial charge in [0.1, 0.15) is 5.25 Å². The molecule has 0 amide bonds. The molecule has 0 aliphatic rings. The molecule has 0 aromatic heterocycles. The molecule has 0 saturated carbocycles. The number of hydrogen-bond acceptors (Lipinski definition) is 3. The Morgan fingerprint density at radius 3 is 2.50 bits per heavy atom. The van der Waals surface area contributed by atoms with Crippen molar-refractivity contribution in [3.8, 4) is 0 Å². The molecule has 1 rings (SSSR count). The van der Waals surface area contributed by atoms with Crippen LogP contribution in [-0.2, 0) is 9.53 Å². The Kier molecular flexibility index (Phi) is 4.29. The molecular formula is C10H11ClO2S. The first-order chi connectivity index (χ1) is 6.63. The molecule has 1 atom stereocenters. The van der Waals surface area contributed by atoms with Gasteiger partial charge in [-0.2, -0.15) is 0 Å². The summed E-state index contributed by atoms with van der Waals surface area (Å²) in [4.78, 5) is 12.1. The van der Waals surface area contributed by atoms with E-state index in [-0.39, 0.29) is 11.2 Å². The van der Waals surface area contributed by atoms with Crippen molar-refractivity contribution in [2.24, 2.45) is 0 Å². The number of carbonyl (C=O) groups excluding carboxylic acids is 1. The van der Waals surface area contributed by atoms with E-state index in [0.717, 1.165) is 4.90 Å². The van der Waals surface area contributed by atoms with Crippen LogP contribution in [0.4, 0.5) is 0 Å². The monoisotopic (exact) mass is 230 g/mol. The molecule has 14 heavy (non-hydrogen) atoms. The quantitative estimate of drug-likeness (QED) is 0.590. The third-order valence-electron chi connectivity index (χ3n) is 1.66. The van der Waals surface area contributed by atoms with Crippen molar-refractivity contribution in [3.63, 3.8) is 0 Å². The molecule has 0 bridgehead atoms. The van der Waals surface area contributed by atoms with E-state index in [9.17, 15) is 4.79 Å². The first-order valence-electron chi connectivity index (χ1n) is 4.13. The van der Waals surface area contributed by atoms with Crippen molar-refractivity contribution in [1.82, 2.24) is 0 Å². The minimum absolute atomic E-state index is 0.193. The Balaban J connectivity index is 2.60. The predicted octanol–water partition coefficient (Wildman–Crippen LogP) is 2.99. The van der Waals surface area contributed by atoms with Gasteiger partial charge in [-0.3, -0.25) is 4.79 Å². The summed E-state index contributed by atoms with van der Waals surface area (Å²) < 4.78 is 4.62. The van der Waals surface area contributed by atoms with Crippen molar-refractivity contribution in [3.05, 3.63) is 29.3 Å². The molecule has 0 saturated heterocycles. The van der Waals surface area contributed by atoms with Gasteiger partial charge in [0.05, 0.1) is 7.11 Å². The van der Waals surface area contributed by atoms with E-state index >= 15 is 0 Å². The Labute approximate surface area is 92.6 Å². The van der Waals surface area contributed by atoms with Crippen LogP contribution >= 0.6 is 23.4 Å². The van der Waals surface area contributed by atoms with Gasteiger partial charge >= 0.3 is 5.97 Å². The minimum Gasteiger partial charge on any atom is -0.468 e. The van der Waals surface area contributed by atoms with Gasteiger partial charge in [-0.25, -0.2) is 0 Å². The van der Waals surface area contributed by atoms with Crippen LogP contribution in [0.3, 0.4) is 0 Å². The highest BCUT2D eigenvalue weighted by Gasteiger charge is 2.13. The molecule has 1 aromatic carbocycles. The lowest BCUT2D eigenvalue weighted by Crippen LogP contribution is -2.14. The van der Waals surface area contributed by atoms with Gasteiger partial charge < -0.3 is 4.74 Å². The molecular weight excluding hydrogens is 220 g/mol. The first-order valence-corrected chi connectivity index (χ1v) is 5.39. The molecule has 76 valence electrons. The number of halogens is 1.